The van der Waals surface area contributed by atoms with E-state index in [9.17, 15) is 4.79 Å². The number of hydrogen-bond acceptors (Lipinski definition) is 5. The summed E-state index contributed by atoms with van der Waals surface area (Å²) < 4.78 is 10.7. The first kappa shape index (κ1) is 13.8. The molecular weight excluding hydrogens is 244 g/mol. The van der Waals surface area contributed by atoms with Crippen LogP contribution in [-0.4, -0.2) is 28.6 Å². The van der Waals surface area contributed by atoms with Crippen molar-refractivity contribution in [2.45, 2.75) is 52.1 Å². The van der Waals surface area contributed by atoms with Crippen molar-refractivity contribution in [2.24, 2.45) is 0 Å². The van der Waals surface area contributed by atoms with Crippen LogP contribution in [0.1, 0.15) is 55.1 Å². The number of carbonyl (C=O) groups excluding carboxylic acids is 1. The van der Waals surface area contributed by atoms with Crippen LogP contribution in [0.4, 0.5) is 0 Å². The summed E-state index contributed by atoms with van der Waals surface area (Å²) in [4.78, 5) is 20.0. The fourth-order valence-electron chi connectivity index (χ4n) is 2.24. The van der Waals surface area contributed by atoms with Gasteiger partial charge in [0.05, 0.1) is 17.9 Å². The highest BCUT2D eigenvalue weighted by Gasteiger charge is 2.18. The number of ether oxygens (including phenoxy) is 2. The Hall–Kier alpha value is -1.65. The second kappa shape index (κ2) is 6.50. The van der Waals surface area contributed by atoms with Crippen LogP contribution in [0.25, 0.3) is 0 Å². The van der Waals surface area contributed by atoms with Crippen molar-refractivity contribution < 1.29 is 14.3 Å². The van der Waals surface area contributed by atoms with Crippen molar-refractivity contribution >= 4 is 5.97 Å². The number of hydrogen-bond donors (Lipinski definition) is 0. The van der Waals surface area contributed by atoms with E-state index in [0.29, 0.717) is 23.9 Å². The molecule has 0 saturated heterocycles. The third kappa shape index (κ3) is 3.66. The quantitative estimate of drug-likeness (QED) is 0.782. The van der Waals surface area contributed by atoms with Crippen LogP contribution in [0, 0.1) is 6.92 Å². The third-order valence-corrected chi connectivity index (χ3v) is 3.28. The van der Waals surface area contributed by atoms with Gasteiger partial charge in [0.25, 0.3) is 0 Å². The van der Waals surface area contributed by atoms with Gasteiger partial charge in [-0.3, -0.25) is 0 Å². The second-order valence-electron chi connectivity index (χ2n) is 4.75. The number of aryl methyl sites for hydroxylation is 1. The summed E-state index contributed by atoms with van der Waals surface area (Å²) in [5.41, 5.74) is 0.997. The van der Waals surface area contributed by atoms with E-state index in [4.69, 9.17) is 9.47 Å². The Morgan fingerprint density at radius 3 is 2.74 bits per heavy atom. The molecule has 1 saturated carbocycles. The van der Waals surface area contributed by atoms with Crippen LogP contribution >= 0.6 is 0 Å². The highest BCUT2D eigenvalue weighted by atomic mass is 16.5. The molecule has 1 aromatic rings. The van der Waals surface area contributed by atoms with E-state index < -0.39 is 0 Å². The molecule has 1 aliphatic carbocycles. The molecule has 5 heteroatoms. The summed E-state index contributed by atoms with van der Waals surface area (Å²) in [6.07, 6.45) is 7.49. The van der Waals surface area contributed by atoms with E-state index in [1.165, 1.54) is 25.5 Å². The standard InChI is InChI=1S/C14H20N2O3/c1-3-18-13(17)12-9-15-14(16-10(12)2)19-11-7-5-4-6-8-11/h9,11H,3-8H2,1-2H3. The molecule has 0 unspecified atom stereocenters. The first-order valence-corrected chi connectivity index (χ1v) is 6.88. The first-order valence-electron chi connectivity index (χ1n) is 6.88. The summed E-state index contributed by atoms with van der Waals surface area (Å²) in [7, 11) is 0. The maximum Gasteiger partial charge on any atom is 0.341 e. The fraction of sp³-hybridized carbons (Fsp3) is 0.643. The predicted molar refractivity (Wildman–Crippen MR) is 70.2 cm³/mol. The average Bonchev–Trinajstić information content (AvgIpc) is 2.40. The fourth-order valence-corrected chi connectivity index (χ4v) is 2.24. The minimum atomic E-state index is -0.385. The monoisotopic (exact) mass is 264 g/mol. The normalized spacial score (nSPS) is 16.1. The molecular formula is C14H20N2O3. The summed E-state index contributed by atoms with van der Waals surface area (Å²) in [5.74, 6) is -0.385. The lowest BCUT2D eigenvalue weighted by Crippen LogP contribution is -2.21. The Morgan fingerprint density at radius 2 is 2.11 bits per heavy atom. The predicted octanol–water partition coefficient (Wildman–Crippen LogP) is 2.67. The zero-order valence-corrected chi connectivity index (χ0v) is 11.5. The van der Waals surface area contributed by atoms with Crippen molar-refractivity contribution in [2.75, 3.05) is 6.61 Å². The summed E-state index contributed by atoms with van der Waals surface area (Å²) >= 11 is 0. The Labute approximate surface area is 113 Å². The third-order valence-electron chi connectivity index (χ3n) is 3.28. The van der Waals surface area contributed by atoms with Gasteiger partial charge in [-0.2, -0.15) is 4.98 Å². The van der Waals surface area contributed by atoms with Crippen LogP contribution in [-0.2, 0) is 4.74 Å². The van der Waals surface area contributed by atoms with Gasteiger partial charge in [0, 0.05) is 6.20 Å². The minimum absolute atomic E-state index is 0.210. The van der Waals surface area contributed by atoms with Gasteiger partial charge in [-0.15, -0.1) is 0 Å². The minimum Gasteiger partial charge on any atom is -0.462 e. The lowest BCUT2D eigenvalue weighted by molar-refractivity contribution is 0.0524. The highest BCUT2D eigenvalue weighted by Crippen LogP contribution is 2.21. The van der Waals surface area contributed by atoms with E-state index >= 15 is 0 Å². The Balaban J connectivity index is 2.03. The van der Waals surface area contributed by atoms with Gasteiger partial charge in [-0.05, 0) is 39.5 Å². The van der Waals surface area contributed by atoms with Crippen molar-refractivity contribution in [1.29, 1.82) is 0 Å². The lowest BCUT2D eigenvalue weighted by Gasteiger charge is -2.21. The van der Waals surface area contributed by atoms with E-state index in [1.807, 2.05) is 0 Å². The zero-order valence-electron chi connectivity index (χ0n) is 11.5. The molecule has 0 aliphatic heterocycles. The molecule has 0 amide bonds. The second-order valence-corrected chi connectivity index (χ2v) is 4.75. The molecule has 0 N–H and O–H groups in total. The topological polar surface area (TPSA) is 61.3 Å². The Bertz CT molecular complexity index is 442. The van der Waals surface area contributed by atoms with Crippen LogP contribution in [0.2, 0.25) is 0 Å². The van der Waals surface area contributed by atoms with E-state index in [-0.39, 0.29) is 12.1 Å². The molecule has 0 aromatic carbocycles. The molecule has 19 heavy (non-hydrogen) atoms. The molecule has 1 heterocycles. The number of aromatic nitrogens is 2. The highest BCUT2D eigenvalue weighted by molar-refractivity contribution is 5.90. The van der Waals surface area contributed by atoms with Crippen LogP contribution in [0.15, 0.2) is 6.20 Å². The molecule has 1 aliphatic rings. The van der Waals surface area contributed by atoms with Crippen molar-refractivity contribution in [3.05, 3.63) is 17.5 Å². The van der Waals surface area contributed by atoms with Crippen molar-refractivity contribution in [3.8, 4) is 6.01 Å². The maximum absolute atomic E-state index is 11.6. The summed E-state index contributed by atoms with van der Waals surface area (Å²) in [6.45, 7) is 3.88. The van der Waals surface area contributed by atoms with Crippen LogP contribution in [0.5, 0.6) is 6.01 Å². The van der Waals surface area contributed by atoms with Gasteiger partial charge in [-0.1, -0.05) is 6.42 Å². The molecule has 0 spiro atoms. The molecule has 1 fully saturated rings. The Kier molecular flexibility index (Phi) is 4.71. The van der Waals surface area contributed by atoms with E-state index in [1.54, 1.807) is 13.8 Å². The number of rotatable bonds is 4. The molecule has 0 bridgehead atoms. The van der Waals surface area contributed by atoms with Crippen molar-refractivity contribution in [3.63, 3.8) is 0 Å². The van der Waals surface area contributed by atoms with Gasteiger partial charge in [0.1, 0.15) is 6.10 Å². The van der Waals surface area contributed by atoms with Crippen molar-refractivity contribution in [1.82, 2.24) is 9.97 Å². The molecule has 0 radical (unpaired) electrons. The smallest absolute Gasteiger partial charge is 0.341 e. The number of carbonyl (C=O) groups is 1. The average molecular weight is 264 g/mol. The van der Waals surface area contributed by atoms with Gasteiger partial charge < -0.3 is 9.47 Å². The molecule has 104 valence electrons. The zero-order chi connectivity index (χ0) is 13.7. The molecule has 0 atom stereocenters. The SMILES string of the molecule is CCOC(=O)c1cnc(OC2CCCCC2)nc1C. The van der Waals surface area contributed by atoms with Gasteiger partial charge in [0.15, 0.2) is 0 Å². The van der Waals surface area contributed by atoms with Gasteiger partial charge in [0.2, 0.25) is 0 Å². The summed E-state index contributed by atoms with van der Waals surface area (Å²) in [6, 6.07) is 0.359. The molecule has 5 nitrogen and oxygen atoms in total. The number of nitrogens with zero attached hydrogens (tertiary/aromatic N) is 2. The maximum atomic E-state index is 11.6. The summed E-state index contributed by atoms with van der Waals surface area (Å²) in [5, 5.41) is 0. The first-order chi connectivity index (χ1) is 9.20. The van der Waals surface area contributed by atoms with E-state index in [0.717, 1.165) is 12.8 Å². The van der Waals surface area contributed by atoms with Crippen LogP contribution in [0.3, 0.4) is 0 Å². The van der Waals surface area contributed by atoms with Crippen LogP contribution < -0.4 is 4.74 Å². The van der Waals surface area contributed by atoms with Gasteiger partial charge >= 0.3 is 12.0 Å². The Morgan fingerprint density at radius 1 is 1.37 bits per heavy atom. The largest absolute Gasteiger partial charge is 0.462 e. The molecule has 2 rings (SSSR count). The van der Waals surface area contributed by atoms with E-state index in [2.05, 4.69) is 9.97 Å². The van der Waals surface area contributed by atoms with Gasteiger partial charge in [-0.25, -0.2) is 9.78 Å². The lowest BCUT2D eigenvalue weighted by atomic mass is 9.98. The molecule has 1 aromatic heterocycles. The number of esters is 1.